The summed E-state index contributed by atoms with van der Waals surface area (Å²) in [6.07, 6.45) is 0. The Hall–Kier alpha value is -2.18. The molecule has 0 saturated heterocycles. The highest BCUT2D eigenvalue weighted by Crippen LogP contribution is 2.28. The lowest BCUT2D eigenvalue weighted by Gasteiger charge is -2.05. The Morgan fingerprint density at radius 2 is 2.00 bits per heavy atom. The van der Waals surface area contributed by atoms with Crippen molar-refractivity contribution in [1.29, 1.82) is 0 Å². The lowest BCUT2D eigenvalue weighted by atomic mass is 10.1. The summed E-state index contributed by atoms with van der Waals surface area (Å²) < 4.78 is 15.0. The maximum atomic E-state index is 13.2. The van der Waals surface area contributed by atoms with E-state index < -0.39 is 5.82 Å². The Bertz CT molecular complexity index is 897. The number of Topliss-reactive ketones (excluding diaryl/α,β-unsaturated/α-hetero) is 1. The van der Waals surface area contributed by atoms with E-state index in [0.717, 1.165) is 5.56 Å². The smallest absolute Gasteiger partial charge is 0.191 e. The Morgan fingerprint density at radius 1 is 1.21 bits per heavy atom. The van der Waals surface area contributed by atoms with Gasteiger partial charge in [-0.1, -0.05) is 47.6 Å². The van der Waals surface area contributed by atoms with Gasteiger partial charge in [0.2, 0.25) is 0 Å². The minimum Gasteiger partial charge on any atom is -0.305 e. The van der Waals surface area contributed by atoms with Crippen LogP contribution in [0.1, 0.15) is 10.4 Å². The van der Waals surface area contributed by atoms with Gasteiger partial charge in [-0.05, 0) is 24.3 Å². The van der Waals surface area contributed by atoms with Crippen LogP contribution in [0.4, 0.5) is 4.39 Å². The zero-order valence-corrected chi connectivity index (χ0v) is 14.3. The quantitative estimate of drug-likeness (QED) is 0.503. The molecule has 1 aromatic heterocycles. The van der Waals surface area contributed by atoms with E-state index in [2.05, 4.69) is 10.2 Å². The molecule has 0 amide bonds. The standard InChI is InChI=1S/C17H13ClFN3OS/c1-22-16(13-7-2-3-8-14(13)18)20-21-17(22)24-10-15(23)11-5-4-6-12(19)9-11/h2-9H,10H2,1H3. The second-order valence-corrected chi connectivity index (χ2v) is 6.42. The summed E-state index contributed by atoms with van der Waals surface area (Å²) in [6.45, 7) is 0. The van der Waals surface area contributed by atoms with E-state index in [1.807, 2.05) is 25.2 Å². The molecule has 0 saturated carbocycles. The van der Waals surface area contributed by atoms with E-state index in [0.29, 0.717) is 21.6 Å². The Labute approximate surface area is 147 Å². The van der Waals surface area contributed by atoms with E-state index in [4.69, 9.17) is 11.6 Å². The van der Waals surface area contributed by atoms with Crippen LogP contribution in [0.15, 0.2) is 53.7 Å². The van der Waals surface area contributed by atoms with Gasteiger partial charge in [0.05, 0.1) is 10.8 Å². The summed E-state index contributed by atoms with van der Waals surface area (Å²) in [5.74, 6) is 0.186. The number of nitrogens with zero attached hydrogens (tertiary/aromatic N) is 3. The number of aromatic nitrogens is 3. The molecule has 3 aromatic rings. The highest BCUT2D eigenvalue weighted by atomic mass is 35.5. The molecule has 24 heavy (non-hydrogen) atoms. The van der Waals surface area contributed by atoms with Gasteiger partial charge in [-0.25, -0.2) is 4.39 Å². The Balaban J connectivity index is 1.75. The number of carbonyl (C=O) groups is 1. The zero-order chi connectivity index (χ0) is 17.1. The fourth-order valence-electron chi connectivity index (χ4n) is 2.19. The van der Waals surface area contributed by atoms with Gasteiger partial charge in [0, 0.05) is 18.2 Å². The summed E-state index contributed by atoms with van der Waals surface area (Å²) in [5, 5.41) is 9.43. The summed E-state index contributed by atoms with van der Waals surface area (Å²) in [7, 11) is 1.81. The van der Waals surface area contributed by atoms with Crippen molar-refractivity contribution in [2.24, 2.45) is 7.05 Å². The predicted molar refractivity (Wildman–Crippen MR) is 92.9 cm³/mol. The van der Waals surface area contributed by atoms with Crippen molar-refractivity contribution in [1.82, 2.24) is 14.8 Å². The second-order valence-electron chi connectivity index (χ2n) is 5.07. The average Bonchev–Trinajstić information content (AvgIpc) is 2.94. The van der Waals surface area contributed by atoms with E-state index in [9.17, 15) is 9.18 Å². The van der Waals surface area contributed by atoms with E-state index in [-0.39, 0.29) is 11.5 Å². The molecule has 0 atom stereocenters. The summed E-state index contributed by atoms with van der Waals surface area (Å²) >= 11 is 7.44. The largest absolute Gasteiger partial charge is 0.305 e. The van der Waals surface area contributed by atoms with E-state index in [1.54, 1.807) is 16.7 Å². The third-order valence-corrected chi connectivity index (χ3v) is 4.78. The van der Waals surface area contributed by atoms with Crippen molar-refractivity contribution in [3.8, 4) is 11.4 Å². The lowest BCUT2D eigenvalue weighted by Crippen LogP contribution is -2.04. The fraction of sp³-hybridized carbons (Fsp3) is 0.118. The number of hydrogen-bond acceptors (Lipinski definition) is 4. The van der Waals surface area contributed by atoms with Gasteiger partial charge >= 0.3 is 0 Å². The van der Waals surface area contributed by atoms with Crippen LogP contribution in [0.2, 0.25) is 5.02 Å². The molecule has 7 heteroatoms. The van der Waals surface area contributed by atoms with Gasteiger partial charge in [0.1, 0.15) is 5.82 Å². The Kier molecular flexibility index (Phi) is 4.97. The molecule has 0 fully saturated rings. The van der Waals surface area contributed by atoms with Gasteiger partial charge in [-0.3, -0.25) is 4.79 Å². The molecular formula is C17H13ClFN3OS. The number of carbonyl (C=O) groups excluding carboxylic acids is 1. The van der Waals surface area contributed by atoms with Gasteiger partial charge in [-0.2, -0.15) is 0 Å². The first kappa shape index (κ1) is 16.7. The average molecular weight is 362 g/mol. The number of rotatable bonds is 5. The molecule has 0 aliphatic rings. The predicted octanol–water partition coefficient (Wildman–Crippen LogP) is 4.25. The van der Waals surface area contributed by atoms with Crippen LogP contribution in [-0.4, -0.2) is 26.3 Å². The summed E-state index contributed by atoms with van der Waals surface area (Å²) in [6, 6.07) is 13.0. The van der Waals surface area contributed by atoms with Crippen LogP contribution in [-0.2, 0) is 7.05 Å². The van der Waals surface area contributed by atoms with Gasteiger partial charge in [-0.15, -0.1) is 10.2 Å². The molecule has 0 N–H and O–H groups in total. The van der Waals surface area contributed by atoms with Crippen LogP contribution in [0.3, 0.4) is 0 Å². The molecule has 0 unspecified atom stereocenters. The normalized spacial score (nSPS) is 10.8. The molecular weight excluding hydrogens is 349 g/mol. The molecule has 0 aliphatic heterocycles. The minimum atomic E-state index is -0.425. The lowest BCUT2D eigenvalue weighted by molar-refractivity contribution is 0.102. The van der Waals surface area contributed by atoms with Crippen LogP contribution in [0, 0.1) is 5.82 Å². The first-order chi connectivity index (χ1) is 11.6. The van der Waals surface area contributed by atoms with E-state index in [1.165, 1.54) is 30.0 Å². The van der Waals surface area contributed by atoms with Gasteiger partial charge in [0.25, 0.3) is 0 Å². The molecule has 1 heterocycles. The number of thioether (sulfide) groups is 1. The maximum Gasteiger partial charge on any atom is 0.191 e. The zero-order valence-electron chi connectivity index (χ0n) is 12.7. The third-order valence-electron chi connectivity index (χ3n) is 3.43. The van der Waals surface area contributed by atoms with Crippen LogP contribution >= 0.6 is 23.4 Å². The minimum absolute atomic E-state index is 0.151. The first-order valence-corrected chi connectivity index (χ1v) is 8.48. The van der Waals surface area contributed by atoms with Crippen LogP contribution in [0.25, 0.3) is 11.4 Å². The molecule has 0 spiro atoms. The number of hydrogen-bond donors (Lipinski definition) is 0. The Morgan fingerprint density at radius 3 is 2.75 bits per heavy atom. The maximum absolute atomic E-state index is 13.2. The fourth-order valence-corrected chi connectivity index (χ4v) is 3.22. The highest BCUT2D eigenvalue weighted by Gasteiger charge is 2.15. The van der Waals surface area contributed by atoms with Crippen molar-refractivity contribution >= 4 is 29.1 Å². The van der Waals surface area contributed by atoms with Crippen molar-refractivity contribution in [2.75, 3.05) is 5.75 Å². The van der Waals surface area contributed by atoms with E-state index >= 15 is 0 Å². The van der Waals surface area contributed by atoms with Crippen molar-refractivity contribution in [3.63, 3.8) is 0 Å². The van der Waals surface area contributed by atoms with Gasteiger partial charge in [0.15, 0.2) is 16.8 Å². The molecule has 0 radical (unpaired) electrons. The molecule has 122 valence electrons. The van der Waals surface area contributed by atoms with Crippen LogP contribution < -0.4 is 0 Å². The number of halogens is 2. The molecule has 3 rings (SSSR count). The topological polar surface area (TPSA) is 47.8 Å². The molecule has 0 aliphatic carbocycles. The SMILES string of the molecule is Cn1c(SCC(=O)c2cccc(F)c2)nnc1-c1ccccc1Cl. The number of ketones is 1. The van der Waals surface area contributed by atoms with Gasteiger partial charge < -0.3 is 4.57 Å². The first-order valence-electron chi connectivity index (χ1n) is 7.12. The van der Waals surface area contributed by atoms with Crippen molar-refractivity contribution in [3.05, 3.63) is 64.9 Å². The molecule has 4 nitrogen and oxygen atoms in total. The van der Waals surface area contributed by atoms with Crippen molar-refractivity contribution < 1.29 is 9.18 Å². The number of benzene rings is 2. The summed E-state index contributed by atoms with van der Waals surface area (Å²) in [4.78, 5) is 12.1. The second kappa shape index (κ2) is 7.15. The summed E-state index contributed by atoms with van der Waals surface area (Å²) in [5.41, 5.74) is 1.12. The van der Waals surface area contributed by atoms with Crippen molar-refractivity contribution in [2.45, 2.75) is 5.16 Å². The van der Waals surface area contributed by atoms with Crippen LogP contribution in [0.5, 0.6) is 0 Å². The molecule has 2 aromatic carbocycles. The highest BCUT2D eigenvalue weighted by molar-refractivity contribution is 7.99. The monoisotopic (exact) mass is 361 g/mol. The third kappa shape index (κ3) is 3.49. The molecule has 0 bridgehead atoms.